The second kappa shape index (κ2) is 32.5. The molecule has 4 saturated heterocycles. The number of aliphatic hydroxyl groups excluding tert-OH is 8. The molecule has 78 heavy (non-hydrogen) atoms. The largest absolute Gasteiger partial charge is 0.463 e. The number of carbonyl (C=O) groups is 5. The highest BCUT2D eigenvalue weighted by atomic mass is 32.3. The fourth-order valence-electron chi connectivity index (χ4n) is 9.29. The van der Waals surface area contributed by atoms with E-state index in [1.165, 1.54) is 31.8 Å². The Labute approximate surface area is 452 Å². The van der Waals surface area contributed by atoms with Gasteiger partial charge in [0.05, 0.1) is 19.8 Å². The molecule has 10 unspecified atom stereocenters. The first-order valence-electron chi connectivity index (χ1n) is 26.0. The van der Waals surface area contributed by atoms with Gasteiger partial charge in [-0.25, -0.2) is 4.18 Å². The molecular formula is C48H80N4O25S. The SMILES string of the molecule is CCCCCC/C=C\CCCCC/C=C/C(=O)NC1[C@H](O[C@@H]2C(CO)O[C@@H](O[C@@H]3C(CO)O[C@@H](O[C@@H]4C(COS(=O)(=O)O)O[C@@H](O)C(NC(C)=O)C4O)C(NC(C)=O)[C@H]3O)C(NC(C)=O)C2O)OC(COC(C)=O)[C@@H](O)[C@@H]1O. The van der Waals surface area contributed by atoms with Crippen LogP contribution in [0.2, 0.25) is 0 Å². The fraction of sp³-hybridized carbons (Fsp3) is 0.812. The molecule has 0 aromatic carbocycles. The molecule has 0 saturated carbocycles. The Morgan fingerprint density at radius 3 is 1.38 bits per heavy atom. The summed E-state index contributed by atoms with van der Waals surface area (Å²) in [4.78, 5) is 62.4. The van der Waals surface area contributed by atoms with Crippen molar-refractivity contribution in [3.63, 3.8) is 0 Å². The van der Waals surface area contributed by atoms with Crippen molar-refractivity contribution in [2.75, 3.05) is 26.4 Å². The molecule has 0 aromatic rings. The van der Waals surface area contributed by atoms with Crippen LogP contribution in [0.5, 0.6) is 0 Å². The van der Waals surface area contributed by atoms with Crippen molar-refractivity contribution in [2.45, 2.75) is 221 Å². The highest BCUT2D eigenvalue weighted by molar-refractivity contribution is 7.80. The molecule has 4 heterocycles. The maximum absolute atomic E-state index is 13.3. The topological polar surface area (TPSA) is 433 Å². The smallest absolute Gasteiger partial charge is 0.397 e. The second-order valence-corrected chi connectivity index (χ2v) is 20.5. The van der Waals surface area contributed by atoms with Gasteiger partial charge in [0.1, 0.15) is 104 Å². The van der Waals surface area contributed by atoms with Crippen LogP contribution in [0.1, 0.15) is 98.8 Å². The van der Waals surface area contributed by atoms with Crippen LogP contribution in [-0.4, -0.2) is 232 Å². The number of rotatable bonds is 29. The maximum atomic E-state index is 13.3. The Bertz CT molecular complexity index is 2070. The number of allylic oxidation sites excluding steroid dienone is 3. The van der Waals surface area contributed by atoms with Gasteiger partial charge in [-0.15, -0.1) is 0 Å². The van der Waals surface area contributed by atoms with Gasteiger partial charge in [-0.3, -0.25) is 28.5 Å². The van der Waals surface area contributed by atoms with E-state index in [0.717, 1.165) is 59.8 Å². The first kappa shape index (κ1) is 66.6. The van der Waals surface area contributed by atoms with Crippen LogP contribution in [0.3, 0.4) is 0 Å². The number of ether oxygens (including phenoxy) is 8. The third-order valence-electron chi connectivity index (χ3n) is 13.1. The highest BCUT2D eigenvalue weighted by Gasteiger charge is 2.56. The number of unbranched alkanes of at least 4 members (excludes halogenated alkanes) is 8. The Morgan fingerprint density at radius 1 is 0.513 bits per heavy atom. The number of esters is 1. The summed E-state index contributed by atoms with van der Waals surface area (Å²) in [6.07, 6.45) is -12.2. The minimum absolute atomic E-state index is 0.541. The summed E-state index contributed by atoms with van der Waals surface area (Å²) in [5.74, 6) is -3.92. The number of carbonyl (C=O) groups excluding carboxylic acids is 5. The molecule has 29 nitrogen and oxygen atoms in total. The highest BCUT2D eigenvalue weighted by Crippen LogP contribution is 2.35. The predicted octanol–water partition coefficient (Wildman–Crippen LogP) is -3.76. The van der Waals surface area contributed by atoms with Crippen LogP contribution >= 0.6 is 0 Å². The number of amides is 4. The lowest BCUT2D eigenvalue weighted by atomic mass is 9.93. The van der Waals surface area contributed by atoms with E-state index in [2.05, 4.69) is 44.5 Å². The Hall–Kier alpha value is -3.90. The summed E-state index contributed by atoms with van der Waals surface area (Å²) >= 11 is 0. The molecular weight excluding hydrogens is 1060 g/mol. The normalized spacial score (nSPS) is 35.5. The number of hydrogen-bond acceptors (Lipinski definition) is 24. The lowest BCUT2D eigenvalue weighted by Gasteiger charge is -2.51. The van der Waals surface area contributed by atoms with Crippen LogP contribution in [-0.2, 0) is 76.4 Å². The minimum atomic E-state index is -5.16. The van der Waals surface area contributed by atoms with Gasteiger partial charge in [-0.05, 0) is 44.6 Å². The van der Waals surface area contributed by atoms with Crippen LogP contribution in [0.25, 0.3) is 0 Å². The van der Waals surface area contributed by atoms with Gasteiger partial charge in [0, 0.05) is 27.7 Å². The zero-order valence-corrected chi connectivity index (χ0v) is 45.0. The van der Waals surface area contributed by atoms with Crippen molar-refractivity contribution in [3.8, 4) is 0 Å². The fourth-order valence-corrected chi connectivity index (χ4v) is 9.60. The average Bonchev–Trinajstić information content (AvgIpc) is 3.43. The van der Waals surface area contributed by atoms with Gasteiger partial charge in [-0.1, -0.05) is 50.8 Å². The molecule has 30 heteroatoms. The van der Waals surface area contributed by atoms with E-state index < -0.39 is 189 Å². The second-order valence-electron chi connectivity index (χ2n) is 19.4. The van der Waals surface area contributed by atoms with Crippen LogP contribution in [0.15, 0.2) is 24.3 Å². The van der Waals surface area contributed by atoms with E-state index in [1.54, 1.807) is 6.08 Å². The van der Waals surface area contributed by atoms with Crippen molar-refractivity contribution in [1.29, 1.82) is 0 Å². The van der Waals surface area contributed by atoms with E-state index in [1.807, 2.05) is 0 Å². The molecule has 0 bridgehead atoms. The monoisotopic (exact) mass is 1140 g/mol. The number of hydrogen-bond donors (Lipinski definition) is 13. The van der Waals surface area contributed by atoms with Gasteiger partial charge < -0.3 is 100 Å². The molecule has 4 aliphatic rings. The molecule has 0 radical (unpaired) electrons. The minimum Gasteiger partial charge on any atom is -0.463 e. The van der Waals surface area contributed by atoms with Crippen molar-refractivity contribution in [2.24, 2.45) is 0 Å². The van der Waals surface area contributed by atoms with Gasteiger partial charge in [0.15, 0.2) is 25.2 Å². The lowest BCUT2D eigenvalue weighted by Crippen LogP contribution is -2.71. The van der Waals surface area contributed by atoms with Crippen LogP contribution in [0, 0.1) is 0 Å². The Morgan fingerprint density at radius 2 is 0.936 bits per heavy atom. The van der Waals surface area contributed by atoms with Crippen molar-refractivity contribution < 1.29 is 120 Å². The molecule has 4 amide bonds. The third-order valence-corrected chi connectivity index (χ3v) is 13.6. The van der Waals surface area contributed by atoms with E-state index in [9.17, 15) is 77.8 Å². The summed E-state index contributed by atoms with van der Waals surface area (Å²) in [5, 5.41) is 99.3. The summed E-state index contributed by atoms with van der Waals surface area (Å²) in [5.41, 5.74) is 0. The maximum Gasteiger partial charge on any atom is 0.397 e. The van der Waals surface area contributed by atoms with Gasteiger partial charge in [0.2, 0.25) is 23.6 Å². The lowest BCUT2D eigenvalue weighted by molar-refractivity contribution is -0.361. The number of aliphatic hydroxyl groups is 8. The molecule has 20 atom stereocenters. The van der Waals surface area contributed by atoms with E-state index >= 15 is 0 Å². The third kappa shape index (κ3) is 20.3. The average molecular weight is 1150 g/mol. The molecule has 4 aliphatic heterocycles. The van der Waals surface area contributed by atoms with E-state index in [4.69, 9.17) is 37.9 Å². The summed E-state index contributed by atoms with van der Waals surface area (Å²) in [6.45, 7) is 2.60. The molecule has 448 valence electrons. The van der Waals surface area contributed by atoms with Crippen molar-refractivity contribution >= 4 is 40.0 Å². The number of nitrogens with one attached hydrogen (secondary N) is 4. The van der Waals surface area contributed by atoms with Crippen molar-refractivity contribution in [1.82, 2.24) is 21.3 Å². The molecule has 0 aliphatic carbocycles. The summed E-state index contributed by atoms with van der Waals surface area (Å²) in [6, 6.07) is -6.73. The van der Waals surface area contributed by atoms with Gasteiger partial charge >= 0.3 is 16.4 Å². The van der Waals surface area contributed by atoms with Gasteiger partial charge in [-0.2, -0.15) is 8.42 Å². The van der Waals surface area contributed by atoms with E-state index in [0.29, 0.717) is 6.42 Å². The summed E-state index contributed by atoms with van der Waals surface area (Å²) < 4.78 is 83.2. The van der Waals surface area contributed by atoms with Crippen LogP contribution in [0.4, 0.5) is 0 Å². The Kier molecular flexibility index (Phi) is 27.8. The molecule has 0 spiro atoms. The zero-order valence-electron chi connectivity index (χ0n) is 44.2. The molecule has 13 N–H and O–H groups in total. The standard InChI is InChI=1S/C48H80N4O25S/c1-6-7-8-9-10-11-12-13-14-15-16-17-18-19-32(59)52-34-38(61)37(60)30(22-69-27(5)58)74-46(34)75-42-28(20-53)72-47(35(40(42)63)50-25(3)56)76-43-29(21-54)73-48(36(41(43)64)51-26(4)57)77-44-31(23-70-78(66,67)68)71-45(65)33(39(44)62)49-24(2)55/h11-12,18-19,28-31,33-48,53-54,60-65H,6-10,13-17,20-23H2,1-5H3,(H,49,55)(H,50,56)(H,51,57)(H,52,59)(H,66,67,68)/b12-11-,19-18+/t28?,29?,30?,31?,33?,34?,35?,36?,37-,38-,39?,40?,41-,42-,43-,44-,45-,46+,47+,48+/m1/s1. The quantitative estimate of drug-likeness (QED) is 0.0112. The zero-order chi connectivity index (χ0) is 57.9. The van der Waals surface area contributed by atoms with Crippen molar-refractivity contribution in [3.05, 3.63) is 24.3 Å². The van der Waals surface area contributed by atoms with E-state index in [-0.39, 0.29) is 0 Å². The Balaban J connectivity index is 1.56. The first-order valence-corrected chi connectivity index (χ1v) is 27.3. The molecule has 4 fully saturated rings. The summed E-state index contributed by atoms with van der Waals surface area (Å²) in [7, 11) is -5.16. The van der Waals surface area contributed by atoms with Crippen LogP contribution < -0.4 is 21.3 Å². The predicted molar refractivity (Wildman–Crippen MR) is 265 cm³/mol. The first-order chi connectivity index (χ1) is 36.9. The van der Waals surface area contributed by atoms with Gasteiger partial charge in [0.25, 0.3) is 0 Å². The molecule has 4 rings (SSSR count). The molecule has 0 aromatic heterocycles.